The monoisotopic (exact) mass is 344 g/mol. The SMILES string of the molecule is CC1CCCCC1.CCC(CC)c1cc(Nc2ccnc(N)n2)n[nH]1. The number of anilines is 3. The van der Waals surface area contributed by atoms with E-state index in [0.29, 0.717) is 11.7 Å². The van der Waals surface area contributed by atoms with Crippen molar-refractivity contribution in [2.24, 2.45) is 5.92 Å². The van der Waals surface area contributed by atoms with Crippen molar-refractivity contribution in [3.05, 3.63) is 24.0 Å². The van der Waals surface area contributed by atoms with Crippen LogP contribution in [0.15, 0.2) is 18.3 Å². The molecule has 1 saturated carbocycles. The van der Waals surface area contributed by atoms with Gasteiger partial charge < -0.3 is 11.1 Å². The van der Waals surface area contributed by atoms with Crippen molar-refractivity contribution < 1.29 is 0 Å². The fourth-order valence-electron chi connectivity index (χ4n) is 3.22. The summed E-state index contributed by atoms with van der Waals surface area (Å²) in [6, 6.07) is 3.76. The average Bonchev–Trinajstić information content (AvgIpc) is 3.05. The van der Waals surface area contributed by atoms with Gasteiger partial charge in [0.2, 0.25) is 5.95 Å². The average molecular weight is 345 g/mol. The van der Waals surface area contributed by atoms with Crippen molar-refractivity contribution in [1.29, 1.82) is 0 Å². The first kappa shape index (κ1) is 19.2. The minimum absolute atomic E-state index is 0.246. The summed E-state index contributed by atoms with van der Waals surface area (Å²) in [5.74, 6) is 3.19. The van der Waals surface area contributed by atoms with E-state index < -0.39 is 0 Å². The summed E-state index contributed by atoms with van der Waals surface area (Å²) in [5.41, 5.74) is 6.66. The first-order valence-corrected chi connectivity index (χ1v) is 9.53. The van der Waals surface area contributed by atoms with Crippen LogP contribution in [0.2, 0.25) is 0 Å². The number of aromatic amines is 1. The first-order chi connectivity index (χ1) is 12.1. The first-order valence-electron chi connectivity index (χ1n) is 9.53. The van der Waals surface area contributed by atoms with Crippen LogP contribution in [0.4, 0.5) is 17.6 Å². The molecule has 0 spiro atoms. The Bertz CT molecular complexity index is 614. The second-order valence-electron chi connectivity index (χ2n) is 6.89. The molecule has 4 N–H and O–H groups in total. The molecule has 0 amide bonds. The van der Waals surface area contributed by atoms with E-state index in [1.807, 2.05) is 6.07 Å². The Balaban J connectivity index is 0.000000269. The largest absolute Gasteiger partial charge is 0.368 e. The summed E-state index contributed by atoms with van der Waals surface area (Å²) in [5, 5.41) is 10.4. The summed E-state index contributed by atoms with van der Waals surface area (Å²) in [6.07, 6.45) is 11.2. The topological polar surface area (TPSA) is 92.5 Å². The fourth-order valence-corrected chi connectivity index (χ4v) is 3.22. The van der Waals surface area contributed by atoms with Crippen LogP contribution in [0.5, 0.6) is 0 Å². The van der Waals surface area contributed by atoms with Crippen molar-refractivity contribution in [1.82, 2.24) is 20.2 Å². The van der Waals surface area contributed by atoms with Gasteiger partial charge in [-0.15, -0.1) is 0 Å². The van der Waals surface area contributed by atoms with Crippen LogP contribution in [0.3, 0.4) is 0 Å². The van der Waals surface area contributed by atoms with Crippen molar-refractivity contribution in [2.75, 3.05) is 11.1 Å². The lowest BCUT2D eigenvalue weighted by molar-refractivity contribution is 0.385. The van der Waals surface area contributed by atoms with Gasteiger partial charge in [0, 0.05) is 23.9 Å². The van der Waals surface area contributed by atoms with Crippen LogP contribution in [-0.2, 0) is 0 Å². The zero-order chi connectivity index (χ0) is 18.1. The van der Waals surface area contributed by atoms with E-state index in [1.54, 1.807) is 12.3 Å². The van der Waals surface area contributed by atoms with Gasteiger partial charge in [0.15, 0.2) is 5.82 Å². The molecule has 0 aromatic carbocycles. The maximum atomic E-state index is 5.52. The zero-order valence-electron chi connectivity index (χ0n) is 15.8. The highest BCUT2D eigenvalue weighted by molar-refractivity contribution is 5.52. The smallest absolute Gasteiger partial charge is 0.221 e. The van der Waals surface area contributed by atoms with Gasteiger partial charge in [0.05, 0.1) is 0 Å². The highest BCUT2D eigenvalue weighted by Gasteiger charge is 2.10. The lowest BCUT2D eigenvalue weighted by Gasteiger charge is -2.15. The molecule has 2 aromatic rings. The number of nitrogens with zero attached hydrogens (tertiary/aromatic N) is 3. The van der Waals surface area contributed by atoms with E-state index in [2.05, 4.69) is 46.3 Å². The van der Waals surface area contributed by atoms with Crippen LogP contribution in [0.1, 0.15) is 77.3 Å². The number of nitrogen functional groups attached to an aromatic ring is 1. The molecule has 138 valence electrons. The van der Waals surface area contributed by atoms with Gasteiger partial charge in [-0.3, -0.25) is 5.10 Å². The molecule has 0 atom stereocenters. The van der Waals surface area contributed by atoms with Crippen LogP contribution < -0.4 is 11.1 Å². The standard InChI is InChI=1S/C12H18N6.C7H14/c1-3-8(4-2)9-7-11(18-17-9)15-10-5-6-14-12(13)16-10;1-7-5-3-2-4-6-7/h5-8H,3-4H2,1-2H3,(H4,13,14,15,16,17,18);7H,2-6H2,1H3. The minimum Gasteiger partial charge on any atom is -0.368 e. The quantitative estimate of drug-likeness (QED) is 0.708. The van der Waals surface area contributed by atoms with E-state index >= 15 is 0 Å². The fraction of sp³-hybridized carbons (Fsp3) is 0.632. The van der Waals surface area contributed by atoms with Crippen LogP contribution in [-0.4, -0.2) is 20.2 Å². The summed E-state index contributed by atoms with van der Waals surface area (Å²) in [4.78, 5) is 7.90. The highest BCUT2D eigenvalue weighted by Crippen LogP contribution is 2.24. The third-order valence-electron chi connectivity index (χ3n) is 4.85. The van der Waals surface area contributed by atoms with Crippen LogP contribution >= 0.6 is 0 Å². The van der Waals surface area contributed by atoms with Crippen LogP contribution in [0.25, 0.3) is 0 Å². The maximum absolute atomic E-state index is 5.52. The van der Waals surface area contributed by atoms with Gasteiger partial charge in [-0.25, -0.2) is 4.98 Å². The normalized spacial score (nSPS) is 14.9. The van der Waals surface area contributed by atoms with Gasteiger partial charge in [0.1, 0.15) is 5.82 Å². The lowest BCUT2D eigenvalue weighted by Crippen LogP contribution is -1.99. The van der Waals surface area contributed by atoms with Gasteiger partial charge in [-0.2, -0.15) is 10.1 Å². The molecular formula is C19H32N6. The van der Waals surface area contributed by atoms with Gasteiger partial charge in [-0.1, -0.05) is 52.9 Å². The molecule has 25 heavy (non-hydrogen) atoms. The minimum atomic E-state index is 0.246. The molecule has 0 aliphatic heterocycles. The van der Waals surface area contributed by atoms with Crippen LogP contribution in [0, 0.1) is 5.92 Å². The molecule has 0 saturated heterocycles. The zero-order valence-corrected chi connectivity index (χ0v) is 15.8. The summed E-state index contributed by atoms with van der Waals surface area (Å²) in [7, 11) is 0. The van der Waals surface area contributed by atoms with Crippen molar-refractivity contribution in [2.45, 2.75) is 71.6 Å². The van der Waals surface area contributed by atoms with E-state index in [9.17, 15) is 0 Å². The Hall–Kier alpha value is -2.11. The molecule has 6 heteroatoms. The molecule has 2 aromatic heterocycles. The molecule has 6 nitrogen and oxygen atoms in total. The number of aromatic nitrogens is 4. The molecule has 1 fully saturated rings. The third-order valence-corrected chi connectivity index (χ3v) is 4.85. The highest BCUT2D eigenvalue weighted by atomic mass is 15.2. The Morgan fingerprint density at radius 2 is 1.92 bits per heavy atom. The molecule has 0 unspecified atom stereocenters. The Kier molecular flexibility index (Phi) is 7.70. The second kappa shape index (κ2) is 10.0. The summed E-state index contributed by atoms with van der Waals surface area (Å²) >= 11 is 0. The third kappa shape index (κ3) is 6.36. The molecule has 0 bridgehead atoms. The molecule has 1 aliphatic carbocycles. The van der Waals surface area contributed by atoms with E-state index in [4.69, 9.17) is 5.73 Å². The van der Waals surface area contributed by atoms with E-state index in [-0.39, 0.29) is 5.95 Å². The summed E-state index contributed by atoms with van der Waals surface area (Å²) < 4.78 is 0. The Morgan fingerprint density at radius 1 is 1.20 bits per heavy atom. The number of rotatable bonds is 5. The predicted molar refractivity (Wildman–Crippen MR) is 104 cm³/mol. The molecule has 1 aliphatic rings. The maximum Gasteiger partial charge on any atom is 0.221 e. The number of H-pyrrole nitrogens is 1. The molecular weight excluding hydrogens is 312 g/mol. The van der Waals surface area contributed by atoms with Crippen molar-refractivity contribution in [3.8, 4) is 0 Å². The Morgan fingerprint density at radius 3 is 2.48 bits per heavy atom. The van der Waals surface area contributed by atoms with E-state index in [1.165, 1.54) is 32.1 Å². The number of nitrogens with one attached hydrogen (secondary N) is 2. The summed E-state index contributed by atoms with van der Waals surface area (Å²) in [6.45, 7) is 6.71. The van der Waals surface area contributed by atoms with Crippen molar-refractivity contribution >= 4 is 17.6 Å². The predicted octanol–water partition coefficient (Wildman–Crippen LogP) is 5.02. The number of hydrogen-bond acceptors (Lipinski definition) is 5. The lowest BCUT2D eigenvalue weighted by atomic mass is 9.91. The van der Waals surface area contributed by atoms with Crippen molar-refractivity contribution in [3.63, 3.8) is 0 Å². The number of hydrogen-bond donors (Lipinski definition) is 3. The van der Waals surface area contributed by atoms with Gasteiger partial charge in [-0.05, 0) is 24.8 Å². The van der Waals surface area contributed by atoms with Gasteiger partial charge in [0.25, 0.3) is 0 Å². The molecule has 3 rings (SSSR count). The number of nitrogens with two attached hydrogens (primary N) is 1. The van der Waals surface area contributed by atoms with E-state index in [0.717, 1.165) is 30.3 Å². The molecule has 2 heterocycles. The Labute approximate surface area is 151 Å². The van der Waals surface area contributed by atoms with Gasteiger partial charge >= 0.3 is 0 Å². The molecule has 0 radical (unpaired) electrons. The second-order valence-corrected chi connectivity index (χ2v) is 6.89.